The highest BCUT2D eigenvalue weighted by atomic mass is 32.1. The van der Waals surface area contributed by atoms with Crippen LogP contribution in [0.15, 0.2) is 30.6 Å². The number of rotatable bonds is 3. The number of hydrogen-bond donors (Lipinski definition) is 1. The first-order valence-corrected chi connectivity index (χ1v) is 7.60. The SMILES string of the molecule is Cc1sc2ncnc(NC(C)c3cccc(F)c3)c2c1C. The number of anilines is 1. The van der Waals surface area contributed by atoms with Gasteiger partial charge in [-0.3, -0.25) is 0 Å². The zero-order valence-electron chi connectivity index (χ0n) is 12.1. The fourth-order valence-electron chi connectivity index (χ4n) is 2.36. The number of halogens is 1. The Labute approximate surface area is 126 Å². The smallest absolute Gasteiger partial charge is 0.138 e. The Hall–Kier alpha value is -2.01. The fraction of sp³-hybridized carbons (Fsp3) is 0.250. The molecule has 108 valence electrons. The molecule has 3 aromatic rings. The van der Waals surface area contributed by atoms with E-state index in [9.17, 15) is 4.39 Å². The van der Waals surface area contributed by atoms with Crippen LogP contribution in [0.1, 0.15) is 29.0 Å². The molecular formula is C16H16FN3S. The Balaban J connectivity index is 1.98. The van der Waals surface area contributed by atoms with Gasteiger partial charge in [0.2, 0.25) is 0 Å². The molecule has 3 rings (SSSR count). The van der Waals surface area contributed by atoms with E-state index in [-0.39, 0.29) is 11.9 Å². The summed E-state index contributed by atoms with van der Waals surface area (Å²) in [7, 11) is 0. The van der Waals surface area contributed by atoms with Crippen molar-refractivity contribution in [3.8, 4) is 0 Å². The van der Waals surface area contributed by atoms with Gasteiger partial charge in [-0.2, -0.15) is 0 Å². The lowest BCUT2D eigenvalue weighted by atomic mass is 10.1. The van der Waals surface area contributed by atoms with Crippen molar-refractivity contribution >= 4 is 27.4 Å². The molecule has 0 saturated heterocycles. The highest BCUT2D eigenvalue weighted by molar-refractivity contribution is 7.18. The van der Waals surface area contributed by atoms with Gasteiger partial charge in [-0.1, -0.05) is 12.1 Å². The Morgan fingerprint density at radius 1 is 1.24 bits per heavy atom. The summed E-state index contributed by atoms with van der Waals surface area (Å²) in [5.74, 6) is 0.579. The quantitative estimate of drug-likeness (QED) is 0.767. The Kier molecular flexibility index (Phi) is 3.59. The van der Waals surface area contributed by atoms with Crippen LogP contribution < -0.4 is 5.32 Å². The van der Waals surface area contributed by atoms with Crippen LogP contribution in [0.25, 0.3) is 10.2 Å². The van der Waals surface area contributed by atoms with Crippen molar-refractivity contribution in [2.45, 2.75) is 26.8 Å². The van der Waals surface area contributed by atoms with Gasteiger partial charge in [0.1, 0.15) is 22.8 Å². The maximum atomic E-state index is 13.3. The maximum absolute atomic E-state index is 13.3. The molecule has 2 aromatic heterocycles. The van der Waals surface area contributed by atoms with E-state index < -0.39 is 0 Å². The molecule has 1 atom stereocenters. The highest BCUT2D eigenvalue weighted by Gasteiger charge is 2.14. The number of hydrogen-bond acceptors (Lipinski definition) is 4. The molecule has 21 heavy (non-hydrogen) atoms. The minimum Gasteiger partial charge on any atom is -0.363 e. The number of nitrogens with one attached hydrogen (secondary N) is 1. The van der Waals surface area contributed by atoms with Crippen molar-refractivity contribution in [2.75, 3.05) is 5.32 Å². The van der Waals surface area contributed by atoms with Crippen LogP contribution in [-0.4, -0.2) is 9.97 Å². The number of aromatic nitrogens is 2. The molecule has 0 spiro atoms. The average molecular weight is 301 g/mol. The average Bonchev–Trinajstić information content (AvgIpc) is 2.75. The molecule has 0 saturated carbocycles. The first-order chi connectivity index (χ1) is 10.1. The summed E-state index contributed by atoms with van der Waals surface area (Å²) >= 11 is 1.67. The number of fused-ring (bicyclic) bond motifs is 1. The van der Waals surface area contributed by atoms with E-state index in [1.165, 1.54) is 16.5 Å². The van der Waals surface area contributed by atoms with Crippen LogP contribution in [0.3, 0.4) is 0 Å². The van der Waals surface area contributed by atoms with E-state index in [1.54, 1.807) is 29.8 Å². The second-order valence-corrected chi connectivity index (χ2v) is 6.31. The summed E-state index contributed by atoms with van der Waals surface area (Å²) < 4.78 is 13.3. The van der Waals surface area contributed by atoms with E-state index in [1.807, 2.05) is 13.0 Å². The zero-order valence-corrected chi connectivity index (χ0v) is 13.0. The molecular weight excluding hydrogens is 285 g/mol. The fourth-order valence-corrected chi connectivity index (χ4v) is 3.35. The van der Waals surface area contributed by atoms with E-state index in [0.29, 0.717) is 0 Å². The number of nitrogens with zero attached hydrogens (tertiary/aromatic N) is 2. The van der Waals surface area contributed by atoms with Gasteiger partial charge in [0.15, 0.2) is 0 Å². The minimum absolute atomic E-state index is 0.0293. The topological polar surface area (TPSA) is 37.8 Å². The molecule has 1 N–H and O–H groups in total. The molecule has 1 unspecified atom stereocenters. The third-order valence-electron chi connectivity index (χ3n) is 3.67. The van der Waals surface area contributed by atoms with Gasteiger partial charge in [-0.25, -0.2) is 14.4 Å². The zero-order chi connectivity index (χ0) is 15.0. The van der Waals surface area contributed by atoms with Crippen molar-refractivity contribution in [3.63, 3.8) is 0 Å². The van der Waals surface area contributed by atoms with Gasteiger partial charge in [0.05, 0.1) is 11.4 Å². The summed E-state index contributed by atoms with van der Waals surface area (Å²) in [6.45, 7) is 6.16. The summed E-state index contributed by atoms with van der Waals surface area (Å²) in [4.78, 5) is 10.9. The van der Waals surface area contributed by atoms with E-state index in [4.69, 9.17) is 0 Å². The predicted octanol–water partition coefficient (Wildman–Crippen LogP) is 4.62. The van der Waals surface area contributed by atoms with Crippen molar-refractivity contribution in [1.82, 2.24) is 9.97 Å². The molecule has 3 nitrogen and oxygen atoms in total. The first-order valence-electron chi connectivity index (χ1n) is 6.79. The Bertz CT molecular complexity index is 797. The van der Waals surface area contributed by atoms with Gasteiger partial charge in [0.25, 0.3) is 0 Å². The molecule has 5 heteroatoms. The molecule has 1 aromatic carbocycles. The van der Waals surface area contributed by atoms with Gasteiger partial charge in [-0.15, -0.1) is 11.3 Å². The van der Waals surface area contributed by atoms with Gasteiger partial charge >= 0.3 is 0 Å². The molecule has 0 aliphatic rings. The van der Waals surface area contributed by atoms with E-state index in [2.05, 4.69) is 29.1 Å². The first kappa shape index (κ1) is 13.9. The molecule has 0 amide bonds. The standard InChI is InChI=1S/C16H16FN3S/c1-9-11(3)21-16-14(9)15(18-8-19-16)20-10(2)12-5-4-6-13(17)7-12/h4-8,10H,1-3H3,(H,18,19,20). The maximum Gasteiger partial charge on any atom is 0.138 e. The van der Waals surface area contributed by atoms with Crippen LogP contribution >= 0.6 is 11.3 Å². The molecule has 0 aliphatic heterocycles. The van der Waals surface area contributed by atoms with Crippen LogP contribution in [0, 0.1) is 19.7 Å². The van der Waals surface area contributed by atoms with E-state index >= 15 is 0 Å². The molecule has 0 fully saturated rings. The minimum atomic E-state index is -0.225. The number of benzene rings is 1. The number of aryl methyl sites for hydroxylation is 2. The predicted molar refractivity (Wildman–Crippen MR) is 85.3 cm³/mol. The second-order valence-electron chi connectivity index (χ2n) is 5.11. The number of thiophene rings is 1. The normalized spacial score (nSPS) is 12.6. The van der Waals surface area contributed by atoms with Gasteiger partial charge in [-0.05, 0) is 44.0 Å². The summed E-state index contributed by atoms with van der Waals surface area (Å²) in [6, 6.07) is 6.59. The van der Waals surface area contributed by atoms with Crippen LogP contribution in [0.2, 0.25) is 0 Å². The molecule has 2 heterocycles. The van der Waals surface area contributed by atoms with Crippen LogP contribution in [0.5, 0.6) is 0 Å². The van der Waals surface area contributed by atoms with E-state index in [0.717, 1.165) is 21.6 Å². The summed E-state index contributed by atoms with van der Waals surface area (Å²) in [5, 5.41) is 4.43. The lowest BCUT2D eigenvalue weighted by Gasteiger charge is -2.15. The molecule has 0 bridgehead atoms. The van der Waals surface area contributed by atoms with Crippen molar-refractivity contribution in [1.29, 1.82) is 0 Å². The monoisotopic (exact) mass is 301 g/mol. The van der Waals surface area contributed by atoms with Crippen LogP contribution in [0.4, 0.5) is 10.2 Å². The van der Waals surface area contributed by atoms with Crippen molar-refractivity contribution < 1.29 is 4.39 Å². The van der Waals surface area contributed by atoms with Crippen molar-refractivity contribution in [3.05, 3.63) is 52.4 Å². The highest BCUT2D eigenvalue weighted by Crippen LogP contribution is 2.33. The van der Waals surface area contributed by atoms with Crippen molar-refractivity contribution in [2.24, 2.45) is 0 Å². The second kappa shape index (κ2) is 5.41. The van der Waals surface area contributed by atoms with Gasteiger partial charge < -0.3 is 5.32 Å². The lowest BCUT2D eigenvalue weighted by molar-refractivity contribution is 0.623. The van der Waals surface area contributed by atoms with Gasteiger partial charge in [0, 0.05) is 4.88 Å². The Morgan fingerprint density at radius 2 is 2.05 bits per heavy atom. The van der Waals surface area contributed by atoms with Crippen LogP contribution in [-0.2, 0) is 0 Å². The third kappa shape index (κ3) is 2.61. The molecule has 0 aliphatic carbocycles. The summed E-state index contributed by atoms with van der Waals surface area (Å²) in [5.41, 5.74) is 2.09. The Morgan fingerprint density at radius 3 is 2.81 bits per heavy atom. The lowest BCUT2D eigenvalue weighted by Crippen LogP contribution is -2.08. The third-order valence-corrected chi connectivity index (χ3v) is 4.78. The molecule has 0 radical (unpaired) electrons. The largest absolute Gasteiger partial charge is 0.363 e. The summed E-state index contributed by atoms with van der Waals surface area (Å²) in [6.07, 6.45) is 1.57.